The van der Waals surface area contributed by atoms with Crippen molar-refractivity contribution in [1.82, 2.24) is 10.3 Å². The van der Waals surface area contributed by atoms with Crippen molar-refractivity contribution in [2.45, 2.75) is 26.4 Å². The van der Waals surface area contributed by atoms with E-state index in [1.807, 2.05) is 6.92 Å². The maximum Gasteiger partial charge on any atom is 0.110 e. The summed E-state index contributed by atoms with van der Waals surface area (Å²) in [6.07, 6.45) is 0. The first kappa shape index (κ1) is 14.0. The summed E-state index contributed by atoms with van der Waals surface area (Å²) in [6.45, 7) is 5.06. The fourth-order valence-corrected chi connectivity index (χ4v) is 2.67. The minimum absolute atomic E-state index is 0.298. The van der Waals surface area contributed by atoms with E-state index < -0.39 is 0 Å². The van der Waals surface area contributed by atoms with Crippen LogP contribution in [0, 0.1) is 6.92 Å². The van der Waals surface area contributed by atoms with Crippen LogP contribution in [0.3, 0.4) is 0 Å². The van der Waals surface area contributed by atoms with Crippen LogP contribution >= 0.6 is 11.3 Å². The molecule has 0 spiro atoms. The Hall–Kier alpha value is -1.39. The Balaban J connectivity index is 1.91. The van der Waals surface area contributed by atoms with Crippen LogP contribution in [0.2, 0.25) is 0 Å². The SMILES string of the molecule is Cc1csc(C(C)NCc2ccc(N(C)C)cc2)n1. The van der Waals surface area contributed by atoms with Crippen molar-refractivity contribution in [1.29, 1.82) is 0 Å². The minimum atomic E-state index is 0.298. The van der Waals surface area contributed by atoms with Gasteiger partial charge in [0.15, 0.2) is 0 Å². The van der Waals surface area contributed by atoms with Gasteiger partial charge in [0.05, 0.1) is 6.04 Å². The Labute approximate surface area is 119 Å². The largest absolute Gasteiger partial charge is 0.378 e. The van der Waals surface area contributed by atoms with Crippen LogP contribution in [-0.2, 0) is 6.54 Å². The molecular weight excluding hydrogens is 254 g/mol. The van der Waals surface area contributed by atoms with Gasteiger partial charge in [0.25, 0.3) is 0 Å². The fraction of sp³-hybridized carbons (Fsp3) is 0.400. The normalized spacial score (nSPS) is 12.4. The summed E-state index contributed by atoms with van der Waals surface area (Å²) in [6, 6.07) is 8.93. The molecular formula is C15H21N3S. The second kappa shape index (κ2) is 6.17. The van der Waals surface area contributed by atoms with Gasteiger partial charge in [-0.25, -0.2) is 4.98 Å². The Morgan fingerprint density at radius 3 is 2.47 bits per heavy atom. The molecule has 0 bridgehead atoms. The lowest BCUT2D eigenvalue weighted by Gasteiger charge is -2.14. The molecule has 1 N–H and O–H groups in total. The predicted molar refractivity (Wildman–Crippen MR) is 82.9 cm³/mol. The number of benzene rings is 1. The van der Waals surface area contributed by atoms with E-state index in [0.29, 0.717) is 6.04 Å². The number of aryl methyl sites for hydroxylation is 1. The zero-order valence-electron chi connectivity index (χ0n) is 12.0. The van der Waals surface area contributed by atoms with E-state index >= 15 is 0 Å². The van der Waals surface area contributed by atoms with Gasteiger partial charge in [0.1, 0.15) is 5.01 Å². The van der Waals surface area contributed by atoms with Crippen molar-refractivity contribution in [3.8, 4) is 0 Å². The van der Waals surface area contributed by atoms with E-state index in [-0.39, 0.29) is 0 Å². The van der Waals surface area contributed by atoms with Crippen molar-refractivity contribution in [2.24, 2.45) is 0 Å². The summed E-state index contributed by atoms with van der Waals surface area (Å²) < 4.78 is 0. The Bertz CT molecular complexity index is 516. The molecule has 0 aliphatic rings. The third-order valence-electron chi connectivity index (χ3n) is 3.07. The van der Waals surface area contributed by atoms with E-state index in [1.165, 1.54) is 11.3 Å². The molecule has 0 amide bonds. The van der Waals surface area contributed by atoms with Crippen LogP contribution in [-0.4, -0.2) is 19.1 Å². The monoisotopic (exact) mass is 275 g/mol. The molecule has 1 aromatic heterocycles. The number of anilines is 1. The molecule has 0 saturated carbocycles. The molecule has 1 heterocycles. The molecule has 1 atom stereocenters. The van der Waals surface area contributed by atoms with Crippen molar-refractivity contribution >= 4 is 17.0 Å². The van der Waals surface area contributed by atoms with E-state index in [9.17, 15) is 0 Å². The summed E-state index contributed by atoms with van der Waals surface area (Å²) >= 11 is 1.72. The number of nitrogens with zero attached hydrogens (tertiary/aromatic N) is 2. The predicted octanol–water partition coefficient (Wildman–Crippen LogP) is 3.37. The molecule has 0 saturated heterocycles. The summed E-state index contributed by atoms with van der Waals surface area (Å²) in [5, 5.41) is 6.76. The maximum absolute atomic E-state index is 4.51. The second-order valence-corrected chi connectivity index (χ2v) is 5.88. The van der Waals surface area contributed by atoms with Crippen LogP contribution in [0.5, 0.6) is 0 Å². The average molecular weight is 275 g/mol. The average Bonchev–Trinajstić information content (AvgIpc) is 2.83. The third kappa shape index (κ3) is 3.78. The number of aromatic nitrogens is 1. The highest BCUT2D eigenvalue weighted by atomic mass is 32.1. The van der Waals surface area contributed by atoms with Crippen LogP contribution in [0.1, 0.15) is 29.2 Å². The Kier molecular flexibility index (Phi) is 4.56. The summed E-state index contributed by atoms with van der Waals surface area (Å²) in [4.78, 5) is 6.62. The first-order chi connectivity index (χ1) is 9.06. The van der Waals surface area contributed by atoms with Crippen molar-refractivity contribution in [3.05, 3.63) is 45.9 Å². The molecule has 0 aliphatic carbocycles. The van der Waals surface area contributed by atoms with Gasteiger partial charge in [-0.05, 0) is 31.5 Å². The topological polar surface area (TPSA) is 28.2 Å². The lowest BCUT2D eigenvalue weighted by Crippen LogP contribution is -2.18. The quantitative estimate of drug-likeness (QED) is 0.907. The van der Waals surface area contributed by atoms with Gasteiger partial charge in [-0.2, -0.15) is 0 Å². The van der Waals surface area contributed by atoms with E-state index in [0.717, 1.165) is 17.2 Å². The van der Waals surface area contributed by atoms with E-state index in [1.54, 1.807) is 11.3 Å². The fourth-order valence-electron chi connectivity index (χ4n) is 1.84. The van der Waals surface area contributed by atoms with E-state index in [2.05, 4.69) is 65.9 Å². The highest BCUT2D eigenvalue weighted by Crippen LogP contribution is 2.18. The van der Waals surface area contributed by atoms with Gasteiger partial charge in [-0.15, -0.1) is 11.3 Å². The molecule has 0 radical (unpaired) electrons. The number of thiazole rings is 1. The van der Waals surface area contributed by atoms with Gasteiger partial charge in [0, 0.05) is 37.4 Å². The molecule has 2 rings (SSSR count). The maximum atomic E-state index is 4.51. The molecule has 0 aliphatic heterocycles. The second-order valence-electron chi connectivity index (χ2n) is 4.99. The molecule has 102 valence electrons. The first-order valence-electron chi connectivity index (χ1n) is 6.48. The van der Waals surface area contributed by atoms with Gasteiger partial charge in [-0.1, -0.05) is 12.1 Å². The van der Waals surface area contributed by atoms with Crippen molar-refractivity contribution < 1.29 is 0 Å². The molecule has 1 unspecified atom stereocenters. The Morgan fingerprint density at radius 2 is 1.95 bits per heavy atom. The molecule has 19 heavy (non-hydrogen) atoms. The van der Waals surface area contributed by atoms with Gasteiger partial charge in [0.2, 0.25) is 0 Å². The zero-order valence-corrected chi connectivity index (χ0v) is 12.8. The van der Waals surface area contributed by atoms with Crippen LogP contribution < -0.4 is 10.2 Å². The number of rotatable bonds is 5. The smallest absolute Gasteiger partial charge is 0.110 e. The zero-order chi connectivity index (χ0) is 13.8. The van der Waals surface area contributed by atoms with Crippen molar-refractivity contribution in [2.75, 3.05) is 19.0 Å². The highest BCUT2D eigenvalue weighted by Gasteiger charge is 2.08. The first-order valence-corrected chi connectivity index (χ1v) is 7.36. The molecule has 2 aromatic rings. The minimum Gasteiger partial charge on any atom is -0.378 e. The van der Waals surface area contributed by atoms with Crippen molar-refractivity contribution in [3.63, 3.8) is 0 Å². The van der Waals surface area contributed by atoms with Crippen LogP contribution in [0.25, 0.3) is 0 Å². The number of hydrogen-bond donors (Lipinski definition) is 1. The molecule has 4 heteroatoms. The summed E-state index contributed by atoms with van der Waals surface area (Å²) in [5.41, 5.74) is 3.63. The molecule has 3 nitrogen and oxygen atoms in total. The summed E-state index contributed by atoms with van der Waals surface area (Å²) in [7, 11) is 4.11. The van der Waals surface area contributed by atoms with E-state index in [4.69, 9.17) is 0 Å². The van der Waals surface area contributed by atoms with Gasteiger partial charge >= 0.3 is 0 Å². The lowest BCUT2D eigenvalue weighted by molar-refractivity contribution is 0.571. The highest BCUT2D eigenvalue weighted by molar-refractivity contribution is 7.09. The number of nitrogens with one attached hydrogen (secondary N) is 1. The van der Waals surface area contributed by atoms with Crippen LogP contribution in [0.4, 0.5) is 5.69 Å². The molecule has 0 fully saturated rings. The number of hydrogen-bond acceptors (Lipinski definition) is 4. The van der Waals surface area contributed by atoms with Gasteiger partial charge < -0.3 is 10.2 Å². The third-order valence-corrected chi connectivity index (χ3v) is 4.22. The molecule has 1 aromatic carbocycles. The Morgan fingerprint density at radius 1 is 1.26 bits per heavy atom. The summed E-state index contributed by atoms with van der Waals surface area (Å²) in [5.74, 6) is 0. The van der Waals surface area contributed by atoms with Crippen LogP contribution in [0.15, 0.2) is 29.6 Å². The standard InChI is InChI=1S/C15H21N3S/c1-11-10-19-15(17-11)12(2)16-9-13-5-7-14(8-6-13)18(3)4/h5-8,10,12,16H,9H2,1-4H3. The van der Waals surface area contributed by atoms with Gasteiger partial charge in [-0.3, -0.25) is 0 Å². The lowest BCUT2D eigenvalue weighted by atomic mass is 10.2.